The third-order valence-electron chi connectivity index (χ3n) is 2.70. The SMILES string of the molecule is CC(CCO)C1CC=CCC1. The van der Waals surface area contributed by atoms with Gasteiger partial charge in [-0.15, -0.1) is 0 Å². The van der Waals surface area contributed by atoms with Crippen molar-refractivity contribution < 1.29 is 5.11 Å². The van der Waals surface area contributed by atoms with Crippen LogP contribution in [0.5, 0.6) is 0 Å². The van der Waals surface area contributed by atoms with Crippen LogP contribution in [-0.4, -0.2) is 11.7 Å². The highest BCUT2D eigenvalue weighted by Gasteiger charge is 2.16. The molecule has 11 heavy (non-hydrogen) atoms. The largest absolute Gasteiger partial charge is 0.396 e. The Labute approximate surface area is 69.1 Å². The van der Waals surface area contributed by atoms with E-state index in [0.29, 0.717) is 12.5 Å². The summed E-state index contributed by atoms with van der Waals surface area (Å²) in [4.78, 5) is 0. The number of aliphatic hydroxyl groups is 1. The summed E-state index contributed by atoms with van der Waals surface area (Å²) in [7, 11) is 0. The molecular formula is C10H18O. The van der Waals surface area contributed by atoms with Crippen LogP contribution in [0.25, 0.3) is 0 Å². The fourth-order valence-electron chi connectivity index (χ4n) is 1.77. The monoisotopic (exact) mass is 154 g/mol. The van der Waals surface area contributed by atoms with Crippen molar-refractivity contribution in [1.82, 2.24) is 0 Å². The van der Waals surface area contributed by atoms with Crippen molar-refractivity contribution >= 4 is 0 Å². The van der Waals surface area contributed by atoms with Crippen molar-refractivity contribution in [3.63, 3.8) is 0 Å². The lowest BCUT2D eigenvalue weighted by Crippen LogP contribution is -2.14. The molecule has 0 aromatic carbocycles. The second kappa shape index (κ2) is 4.55. The zero-order valence-corrected chi connectivity index (χ0v) is 7.29. The van der Waals surface area contributed by atoms with E-state index in [2.05, 4.69) is 19.1 Å². The van der Waals surface area contributed by atoms with Gasteiger partial charge in [0, 0.05) is 6.61 Å². The van der Waals surface area contributed by atoms with Crippen LogP contribution in [0.4, 0.5) is 0 Å². The molecule has 0 spiro atoms. The summed E-state index contributed by atoms with van der Waals surface area (Å²) < 4.78 is 0. The van der Waals surface area contributed by atoms with E-state index in [1.807, 2.05) is 0 Å². The van der Waals surface area contributed by atoms with Crippen molar-refractivity contribution in [2.24, 2.45) is 11.8 Å². The average molecular weight is 154 g/mol. The van der Waals surface area contributed by atoms with Gasteiger partial charge >= 0.3 is 0 Å². The van der Waals surface area contributed by atoms with Gasteiger partial charge in [0.15, 0.2) is 0 Å². The second-order valence-electron chi connectivity index (χ2n) is 3.53. The van der Waals surface area contributed by atoms with E-state index >= 15 is 0 Å². The van der Waals surface area contributed by atoms with Gasteiger partial charge in [0.25, 0.3) is 0 Å². The minimum absolute atomic E-state index is 0.349. The Hall–Kier alpha value is -0.300. The van der Waals surface area contributed by atoms with E-state index in [4.69, 9.17) is 5.11 Å². The van der Waals surface area contributed by atoms with E-state index in [1.54, 1.807) is 0 Å². The quantitative estimate of drug-likeness (QED) is 0.619. The normalized spacial score (nSPS) is 26.9. The molecule has 0 saturated heterocycles. The van der Waals surface area contributed by atoms with Crippen molar-refractivity contribution in [2.45, 2.75) is 32.6 Å². The van der Waals surface area contributed by atoms with Crippen LogP contribution < -0.4 is 0 Å². The lowest BCUT2D eigenvalue weighted by Gasteiger charge is -2.23. The van der Waals surface area contributed by atoms with Gasteiger partial charge in [-0.1, -0.05) is 19.1 Å². The zero-order chi connectivity index (χ0) is 8.10. The number of aliphatic hydroxyl groups excluding tert-OH is 1. The molecular weight excluding hydrogens is 136 g/mol. The molecule has 1 nitrogen and oxygen atoms in total. The highest BCUT2D eigenvalue weighted by Crippen LogP contribution is 2.27. The molecule has 1 aliphatic carbocycles. The molecule has 0 fully saturated rings. The fourth-order valence-corrected chi connectivity index (χ4v) is 1.77. The van der Waals surface area contributed by atoms with Gasteiger partial charge in [-0.25, -0.2) is 0 Å². The summed E-state index contributed by atoms with van der Waals surface area (Å²) in [6, 6.07) is 0. The molecule has 0 aliphatic heterocycles. The van der Waals surface area contributed by atoms with Gasteiger partial charge in [0.05, 0.1) is 0 Å². The minimum Gasteiger partial charge on any atom is -0.396 e. The van der Waals surface area contributed by atoms with E-state index in [-0.39, 0.29) is 0 Å². The molecule has 2 unspecified atom stereocenters. The summed E-state index contributed by atoms with van der Waals surface area (Å²) in [5.74, 6) is 1.53. The van der Waals surface area contributed by atoms with Crippen molar-refractivity contribution in [2.75, 3.05) is 6.61 Å². The van der Waals surface area contributed by atoms with E-state index in [1.165, 1.54) is 19.3 Å². The Bertz CT molecular complexity index is 129. The molecule has 2 atom stereocenters. The first kappa shape index (κ1) is 8.79. The predicted molar refractivity (Wildman–Crippen MR) is 47.3 cm³/mol. The highest BCUT2D eigenvalue weighted by atomic mass is 16.3. The Kier molecular flexibility index (Phi) is 3.64. The molecule has 0 aromatic heterocycles. The molecule has 0 radical (unpaired) electrons. The molecule has 1 heteroatoms. The van der Waals surface area contributed by atoms with Crippen LogP contribution >= 0.6 is 0 Å². The molecule has 0 bridgehead atoms. The first-order valence-electron chi connectivity index (χ1n) is 4.60. The second-order valence-corrected chi connectivity index (χ2v) is 3.53. The maximum Gasteiger partial charge on any atom is 0.0433 e. The van der Waals surface area contributed by atoms with Crippen LogP contribution in [-0.2, 0) is 0 Å². The van der Waals surface area contributed by atoms with Gasteiger partial charge in [0.2, 0.25) is 0 Å². The van der Waals surface area contributed by atoms with Crippen molar-refractivity contribution in [3.05, 3.63) is 12.2 Å². The van der Waals surface area contributed by atoms with E-state index in [9.17, 15) is 0 Å². The first-order valence-corrected chi connectivity index (χ1v) is 4.60. The van der Waals surface area contributed by atoms with Crippen molar-refractivity contribution in [1.29, 1.82) is 0 Å². The van der Waals surface area contributed by atoms with Gasteiger partial charge in [0.1, 0.15) is 0 Å². The van der Waals surface area contributed by atoms with E-state index in [0.717, 1.165) is 12.3 Å². The number of rotatable bonds is 3. The van der Waals surface area contributed by atoms with Crippen LogP contribution in [0.15, 0.2) is 12.2 Å². The van der Waals surface area contributed by atoms with Gasteiger partial charge < -0.3 is 5.11 Å². The smallest absolute Gasteiger partial charge is 0.0433 e. The maximum absolute atomic E-state index is 8.75. The molecule has 0 aromatic rings. The molecule has 1 aliphatic rings. The summed E-state index contributed by atoms with van der Waals surface area (Å²) in [5.41, 5.74) is 0. The Morgan fingerprint density at radius 3 is 2.91 bits per heavy atom. The maximum atomic E-state index is 8.75. The van der Waals surface area contributed by atoms with Gasteiger partial charge in [-0.2, -0.15) is 0 Å². The zero-order valence-electron chi connectivity index (χ0n) is 7.29. The fraction of sp³-hybridized carbons (Fsp3) is 0.800. The predicted octanol–water partition coefficient (Wildman–Crippen LogP) is 2.36. The summed E-state index contributed by atoms with van der Waals surface area (Å²) >= 11 is 0. The Morgan fingerprint density at radius 2 is 2.36 bits per heavy atom. The van der Waals surface area contributed by atoms with Crippen molar-refractivity contribution in [3.8, 4) is 0 Å². The molecule has 0 heterocycles. The Morgan fingerprint density at radius 1 is 1.55 bits per heavy atom. The summed E-state index contributed by atoms with van der Waals surface area (Å²) in [6.07, 6.45) is 9.29. The number of hydrogen-bond acceptors (Lipinski definition) is 1. The Balaban J connectivity index is 2.28. The lowest BCUT2D eigenvalue weighted by atomic mass is 9.82. The van der Waals surface area contributed by atoms with Crippen LogP contribution in [0.2, 0.25) is 0 Å². The summed E-state index contributed by atoms with van der Waals surface area (Å²) in [5, 5.41) is 8.75. The minimum atomic E-state index is 0.349. The van der Waals surface area contributed by atoms with Crippen LogP contribution in [0.1, 0.15) is 32.6 Å². The standard InChI is InChI=1S/C10H18O/c1-9(7-8-11)10-5-3-2-4-6-10/h2-3,9-11H,4-8H2,1H3. The molecule has 1 N–H and O–H groups in total. The van der Waals surface area contributed by atoms with Crippen LogP contribution in [0, 0.1) is 11.8 Å². The molecule has 0 amide bonds. The molecule has 64 valence electrons. The van der Waals surface area contributed by atoms with Gasteiger partial charge in [-0.3, -0.25) is 0 Å². The third-order valence-corrected chi connectivity index (χ3v) is 2.70. The number of hydrogen-bond donors (Lipinski definition) is 1. The van der Waals surface area contributed by atoms with Gasteiger partial charge in [-0.05, 0) is 37.5 Å². The molecule has 1 rings (SSSR count). The average Bonchev–Trinajstić information content (AvgIpc) is 2.07. The first-order chi connectivity index (χ1) is 5.34. The third kappa shape index (κ3) is 2.66. The van der Waals surface area contributed by atoms with Crippen LogP contribution in [0.3, 0.4) is 0 Å². The summed E-state index contributed by atoms with van der Waals surface area (Å²) in [6.45, 7) is 2.60. The highest BCUT2D eigenvalue weighted by molar-refractivity contribution is 4.91. The lowest BCUT2D eigenvalue weighted by molar-refractivity contribution is 0.222. The molecule has 0 saturated carbocycles. The topological polar surface area (TPSA) is 20.2 Å². The number of allylic oxidation sites excluding steroid dienone is 2. The van der Waals surface area contributed by atoms with E-state index < -0.39 is 0 Å².